The molecule has 1 atom stereocenters. The van der Waals surface area contributed by atoms with E-state index in [9.17, 15) is 14.7 Å². The smallest absolute Gasteiger partial charge is 0.330 e. The van der Waals surface area contributed by atoms with Gasteiger partial charge < -0.3 is 14.9 Å². The van der Waals surface area contributed by atoms with Crippen molar-refractivity contribution in [1.82, 2.24) is 10.5 Å². The SMILES string of the molecule is Cc1cccc(C(NC(=O)c2cc(C(C)(C)C)on2)C(=O)O)c1C. The first kappa shape index (κ1) is 17.7. The van der Waals surface area contributed by atoms with Gasteiger partial charge in [-0.3, -0.25) is 4.79 Å². The molecule has 0 aliphatic heterocycles. The number of aliphatic carboxylic acids is 1. The van der Waals surface area contributed by atoms with E-state index in [4.69, 9.17) is 4.52 Å². The fraction of sp³-hybridized carbons (Fsp3) is 0.389. The summed E-state index contributed by atoms with van der Waals surface area (Å²) in [5.74, 6) is -1.15. The van der Waals surface area contributed by atoms with Crippen LogP contribution in [0.4, 0.5) is 0 Å². The number of amides is 1. The molecule has 2 N–H and O–H groups in total. The van der Waals surface area contributed by atoms with Crippen molar-refractivity contribution in [3.8, 4) is 0 Å². The molecule has 0 spiro atoms. The van der Waals surface area contributed by atoms with Gasteiger partial charge in [0.1, 0.15) is 5.76 Å². The Kier molecular flexibility index (Phi) is 4.78. The Morgan fingerprint density at radius 2 is 1.92 bits per heavy atom. The molecule has 1 heterocycles. The monoisotopic (exact) mass is 330 g/mol. The summed E-state index contributed by atoms with van der Waals surface area (Å²) < 4.78 is 5.18. The van der Waals surface area contributed by atoms with E-state index in [0.29, 0.717) is 11.3 Å². The van der Waals surface area contributed by atoms with Crippen LogP contribution in [0.25, 0.3) is 0 Å². The molecule has 1 aromatic carbocycles. The van der Waals surface area contributed by atoms with Crippen LogP contribution in [0, 0.1) is 13.8 Å². The van der Waals surface area contributed by atoms with Crippen molar-refractivity contribution in [2.75, 3.05) is 0 Å². The van der Waals surface area contributed by atoms with Gasteiger partial charge in [0.25, 0.3) is 5.91 Å². The molecular formula is C18H22N2O4. The van der Waals surface area contributed by atoms with Gasteiger partial charge in [0.15, 0.2) is 11.7 Å². The molecule has 0 fully saturated rings. The minimum absolute atomic E-state index is 0.0662. The maximum Gasteiger partial charge on any atom is 0.330 e. The van der Waals surface area contributed by atoms with Gasteiger partial charge in [-0.2, -0.15) is 0 Å². The number of aromatic nitrogens is 1. The topological polar surface area (TPSA) is 92.4 Å². The molecular weight excluding hydrogens is 308 g/mol. The molecule has 0 saturated carbocycles. The van der Waals surface area contributed by atoms with Gasteiger partial charge in [0, 0.05) is 11.5 Å². The second-order valence-electron chi connectivity index (χ2n) is 6.86. The molecule has 0 aliphatic carbocycles. The number of carbonyl (C=O) groups is 2. The summed E-state index contributed by atoms with van der Waals surface area (Å²) in [6.45, 7) is 9.54. The average Bonchev–Trinajstić information content (AvgIpc) is 2.97. The van der Waals surface area contributed by atoms with E-state index in [1.54, 1.807) is 12.1 Å². The van der Waals surface area contributed by atoms with Gasteiger partial charge in [0.05, 0.1) is 0 Å². The normalized spacial score (nSPS) is 12.7. The molecule has 6 nitrogen and oxygen atoms in total. The third-order valence-corrected chi connectivity index (χ3v) is 3.96. The Labute approximate surface area is 140 Å². The molecule has 1 aromatic heterocycles. The third-order valence-electron chi connectivity index (χ3n) is 3.96. The standard InChI is InChI=1S/C18H22N2O4/c1-10-7-6-8-12(11(10)2)15(17(22)23)19-16(21)13-9-14(24-20-13)18(3,4)5/h6-9,15H,1-5H3,(H,19,21)(H,22,23). The van der Waals surface area contributed by atoms with Crippen LogP contribution in [0.5, 0.6) is 0 Å². The summed E-state index contributed by atoms with van der Waals surface area (Å²) in [5, 5.41) is 15.8. The van der Waals surface area contributed by atoms with Crippen LogP contribution in [0.3, 0.4) is 0 Å². The van der Waals surface area contributed by atoms with E-state index in [1.165, 1.54) is 6.07 Å². The van der Waals surface area contributed by atoms with E-state index < -0.39 is 17.9 Å². The zero-order valence-corrected chi connectivity index (χ0v) is 14.5. The highest BCUT2D eigenvalue weighted by molar-refractivity contribution is 5.95. The highest BCUT2D eigenvalue weighted by Crippen LogP contribution is 2.24. The highest BCUT2D eigenvalue weighted by atomic mass is 16.5. The fourth-order valence-electron chi connectivity index (χ4n) is 2.30. The lowest BCUT2D eigenvalue weighted by atomic mass is 9.93. The van der Waals surface area contributed by atoms with Crippen LogP contribution in [0.15, 0.2) is 28.8 Å². The zero-order valence-electron chi connectivity index (χ0n) is 14.5. The number of hydrogen-bond acceptors (Lipinski definition) is 4. The number of hydrogen-bond donors (Lipinski definition) is 2. The van der Waals surface area contributed by atoms with Gasteiger partial charge in [-0.15, -0.1) is 0 Å². The number of benzene rings is 1. The number of carboxylic acid groups (broad SMARTS) is 1. The summed E-state index contributed by atoms with van der Waals surface area (Å²) >= 11 is 0. The van der Waals surface area contributed by atoms with Gasteiger partial charge in [-0.05, 0) is 30.5 Å². The number of nitrogens with zero attached hydrogens (tertiary/aromatic N) is 1. The van der Waals surface area contributed by atoms with Crippen LogP contribution in [-0.4, -0.2) is 22.1 Å². The Bertz CT molecular complexity index is 772. The van der Waals surface area contributed by atoms with Crippen molar-refractivity contribution in [3.63, 3.8) is 0 Å². The largest absolute Gasteiger partial charge is 0.479 e. The lowest BCUT2D eigenvalue weighted by molar-refractivity contribution is -0.139. The predicted octanol–water partition coefficient (Wildman–Crippen LogP) is 3.14. The quantitative estimate of drug-likeness (QED) is 0.898. The molecule has 2 rings (SSSR count). The van der Waals surface area contributed by atoms with Gasteiger partial charge in [-0.1, -0.05) is 44.1 Å². The first-order valence-corrected chi connectivity index (χ1v) is 7.68. The van der Waals surface area contributed by atoms with Gasteiger partial charge in [0.2, 0.25) is 0 Å². The van der Waals surface area contributed by atoms with Crippen LogP contribution >= 0.6 is 0 Å². The van der Waals surface area contributed by atoms with Gasteiger partial charge >= 0.3 is 5.97 Å². The number of rotatable bonds is 4. The lowest BCUT2D eigenvalue weighted by Gasteiger charge is -2.17. The molecule has 128 valence electrons. The van der Waals surface area contributed by atoms with E-state index in [-0.39, 0.29) is 11.1 Å². The van der Waals surface area contributed by atoms with Gasteiger partial charge in [-0.25, -0.2) is 4.79 Å². The zero-order chi connectivity index (χ0) is 18.1. The van der Waals surface area contributed by atoms with E-state index >= 15 is 0 Å². The number of carbonyl (C=O) groups excluding carboxylic acids is 1. The Balaban J connectivity index is 2.28. The van der Waals surface area contributed by atoms with Crippen molar-refractivity contribution >= 4 is 11.9 Å². The van der Waals surface area contributed by atoms with Crippen molar-refractivity contribution < 1.29 is 19.2 Å². The summed E-state index contributed by atoms with van der Waals surface area (Å²) in [7, 11) is 0. The Hall–Kier alpha value is -2.63. The lowest BCUT2D eigenvalue weighted by Crippen LogP contribution is -2.34. The molecule has 6 heteroatoms. The fourth-order valence-corrected chi connectivity index (χ4v) is 2.30. The molecule has 1 unspecified atom stereocenters. The van der Waals surface area contributed by atoms with Crippen LogP contribution in [0.2, 0.25) is 0 Å². The predicted molar refractivity (Wildman–Crippen MR) is 89.0 cm³/mol. The van der Waals surface area contributed by atoms with E-state index in [0.717, 1.165) is 11.1 Å². The average molecular weight is 330 g/mol. The first-order chi connectivity index (χ1) is 11.1. The second-order valence-corrected chi connectivity index (χ2v) is 6.86. The van der Waals surface area contributed by atoms with E-state index in [2.05, 4.69) is 10.5 Å². The molecule has 0 aliphatic rings. The van der Waals surface area contributed by atoms with Crippen LogP contribution in [0.1, 0.15) is 59.8 Å². The molecule has 0 saturated heterocycles. The van der Waals surface area contributed by atoms with Crippen molar-refractivity contribution in [2.24, 2.45) is 0 Å². The highest BCUT2D eigenvalue weighted by Gasteiger charge is 2.27. The summed E-state index contributed by atoms with van der Waals surface area (Å²) in [5.41, 5.74) is 2.13. The van der Waals surface area contributed by atoms with Crippen molar-refractivity contribution in [3.05, 3.63) is 52.4 Å². The minimum atomic E-state index is -1.15. The van der Waals surface area contributed by atoms with Crippen LogP contribution < -0.4 is 5.32 Å². The molecule has 1 amide bonds. The minimum Gasteiger partial charge on any atom is -0.479 e. The molecule has 0 radical (unpaired) electrons. The third kappa shape index (κ3) is 3.64. The maximum atomic E-state index is 12.4. The number of nitrogens with one attached hydrogen (secondary N) is 1. The second kappa shape index (κ2) is 6.47. The summed E-state index contributed by atoms with van der Waals surface area (Å²) in [4.78, 5) is 24.0. The summed E-state index contributed by atoms with van der Waals surface area (Å²) in [6, 6.07) is 5.76. The number of carboxylic acids is 1. The number of aryl methyl sites for hydroxylation is 1. The van der Waals surface area contributed by atoms with Crippen LogP contribution in [-0.2, 0) is 10.2 Å². The molecule has 0 bridgehead atoms. The first-order valence-electron chi connectivity index (χ1n) is 7.68. The molecule has 24 heavy (non-hydrogen) atoms. The summed E-state index contributed by atoms with van der Waals surface area (Å²) in [6.07, 6.45) is 0. The van der Waals surface area contributed by atoms with Crippen molar-refractivity contribution in [1.29, 1.82) is 0 Å². The Morgan fingerprint density at radius 3 is 2.46 bits per heavy atom. The molecule has 2 aromatic rings. The van der Waals surface area contributed by atoms with Crippen molar-refractivity contribution in [2.45, 2.75) is 46.1 Å². The Morgan fingerprint density at radius 1 is 1.25 bits per heavy atom. The maximum absolute atomic E-state index is 12.4. The van der Waals surface area contributed by atoms with E-state index in [1.807, 2.05) is 40.7 Å².